The van der Waals surface area contributed by atoms with Gasteiger partial charge in [0.1, 0.15) is 11.6 Å². The Morgan fingerprint density at radius 1 is 1.29 bits per heavy atom. The van der Waals surface area contributed by atoms with Crippen LogP contribution in [0.5, 0.6) is 0 Å². The number of benzene rings is 1. The van der Waals surface area contributed by atoms with Gasteiger partial charge in [0.05, 0.1) is 11.3 Å². The number of rotatable bonds is 2. The highest BCUT2D eigenvalue weighted by molar-refractivity contribution is 9.10. The Morgan fingerprint density at radius 3 is 2.48 bits per heavy atom. The first kappa shape index (κ1) is 15.7. The minimum absolute atomic E-state index is 0.296. The molecule has 0 saturated heterocycles. The summed E-state index contributed by atoms with van der Waals surface area (Å²) in [4.78, 5) is 37.5. The average Bonchev–Trinajstić information content (AvgIpc) is 2.59. The molecule has 1 aliphatic heterocycles. The predicted molar refractivity (Wildman–Crippen MR) is 81.3 cm³/mol. The molecule has 0 saturated carbocycles. The maximum Gasteiger partial charge on any atom is 0.329 e. The van der Waals surface area contributed by atoms with Gasteiger partial charge >= 0.3 is 5.97 Å². The van der Waals surface area contributed by atoms with Gasteiger partial charge in [-0.05, 0) is 45.9 Å². The standard InChI is InChI=1S/C15H16BrNO4/c1-8(14(20)21-15(2,3)4)17-11-6-5-9(16)7-10(11)12(18)13(17)19/h5-8H,1-4H3. The van der Waals surface area contributed by atoms with Gasteiger partial charge in [-0.3, -0.25) is 14.5 Å². The molecule has 1 unspecified atom stereocenters. The van der Waals surface area contributed by atoms with E-state index >= 15 is 0 Å². The van der Waals surface area contributed by atoms with Crippen LogP contribution >= 0.6 is 15.9 Å². The maximum atomic E-state index is 12.1. The van der Waals surface area contributed by atoms with Gasteiger partial charge in [0.2, 0.25) is 0 Å². The minimum atomic E-state index is -0.858. The van der Waals surface area contributed by atoms with E-state index in [0.717, 1.165) is 0 Å². The molecule has 112 valence electrons. The number of ether oxygens (including phenoxy) is 1. The number of Topliss-reactive ketones (excluding diaryl/α,β-unsaturated/α-hetero) is 1. The Hall–Kier alpha value is -1.69. The van der Waals surface area contributed by atoms with Crippen LogP contribution in [0, 0.1) is 0 Å². The van der Waals surface area contributed by atoms with Gasteiger partial charge in [-0.2, -0.15) is 0 Å². The number of anilines is 1. The molecule has 1 heterocycles. The Labute approximate surface area is 131 Å². The fraction of sp³-hybridized carbons (Fsp3) is 0.400. The predicted octanol–water partition coefficient (Wildman–Crippen LogP) is 2.71. The van der Waals surface area contributed by atoms with Crippen molar-refractivity contribution >= 4 is 39.3 Å². The smallest absolute Gasteiger partial charge is 0.329 e. The molecule has 0 spiro atoms. The molecular formula is C15H16BrNO4. The van der Waals surface area contributed by atoms with Crippen molar-refractivity contribution in [3.05, 3.63) is 28.2 Å². The third-order valence-corrected chi connectivity index (χ3v) is 3.50. The molecule has 1 aliphatic rings. The van der Waals surface area contributed by atoms with Crippen molar-refractivity contribution in [1.82, 2.24) is 0 Å². The average molecular weight is 354 g/mol. The lowest BCUT2D eigenvalue weighted by atomic mass is 10.1. The molecule has 6 heteroatoms. The zero-order valence-corrected chi connectivity index (χ0v) is 13.9. The monoisotopic (exact) mass is 353 g/mol. The molecule has 0 aliphatic carbocycles. The lowest BCUT2D eigenvalue weighted by molar-refractivity contribution is -0.156. The second-order valence-electron chi connectivity index (χ2n) is 5.88. The summed E-state index contributed by atoms with van der Waals surface area (Å²) >= 11 is 3.26. The van der Waals surface area contributed by atoms with Crippen LogP contribution in [-0.4, -0.2) is 29.3 Å². The highest BCUT2D eigenvalue weighted by atomic mass is 79.9. The third-order valence-electron chi connectivity index (χ3n) is 3.01. The van der Waals surface area contributed by atoms with Gasteiger partial charge in [0, 0.05) is 4.47 Å². The van der Waals surface area contributed by atoms with E-state index in [9.17, 15) is 14.4 Å². The highest BCUT2D eigenvalue weighted by Crippen LogP contribution is 2.33. The molecule has 0 fully saturated rings. The number of halogens is 1. The summed E-state index contributed by atoms with van der Waals surface area (Å²) in [7, 11) is 0. The van der Waals surface area contributed by atoms with E-state index in [0.29, 0.717) is 15.7 Å². The molecule has 21 heavy (non-hydrogen) atoms. The first-order chi connectivity index (χ1) is 9.61. The highest BCUT2D eigenvalue weighted by Gasteiger charge is 2.41. The van der Waals surface area contributed by atoms with Crippen LogP contribution < -0.4 is 4.90 Å². The molecule has 1 aromatic rings. The summed E-state index contributed by atoms with van der Waals surface area (Å²) in [6.45, 7) is 6.80. The maximum absolute atomic E-state index is 12.1. The van der Waals surface area contributed by atoms with Gasteiger partial charge in [0.15, 0.2) is 0 Å². The van der Waals surface area contributed by atoms with Crippen LogP contribution in [0.2, 0.25) is 0 Å². The van der Waals surface area contributed by atoms with Crippen LogP contribution in [0.15, 0.2) is 22.7 Å². The Balaban J connectivity index is 2.35. The topological polar surface area (TPSA) is 63.7 Å². The van der Waals surface area contributed by atoms with Crippen molar-refractivity contribution in [2.45, 2.75) is 39.3 Å². The second-order valence-corrected chi connectivity index (χ2v) is 6.79. The number of amides is 1. The summed E-state index contributed by atoms with van der Waals surface area (Å²) in [5.41, 5.74) is 0.0806. The van der Waals surface area contributed by atoms with Crippen LogP contribution in [0.4, 0.5) is 5.69 Å². The fourth-order valence-corrected chi connectivity index (χ4v) is 2.47. The number of hydrogen-bond donors (Lipinski definition) is 0. The first-order valence-electron chi connectivity index (χ1n) is 6.52. The molecule has 0 bridgehead atoms. The van der Waals surface area contributed by atoms with Crippen LogP contribution in [0.1, 0.15) is 38.1 Å². The van der Waals surface area contributed by atoms with E-state index in [4.69, 9.17) is 4.74 Å². The van der Waals surface area contributed by atoms with E-state index < -0.39 is 29.3 Å². The summed E-state index contributed by atoms with van der Waals surface area (Å²) in [5, 5.41) is 0. The molecule has 0 radical (unpaired) electrons. The molecular weight excluding hydrogens is 338 g/mol. The van der Waals surface area contributed by atoms with Crippen molar-refractivity contribution in [3.8, 4) is 0 Å². The number of hydrogen-bond acceptors (Lipinski definition) is 4. The van der Waals surface area contributed by atoms with Crippen LogP contribution in [-0.2, 0) is 14.3 Å². The van der Waals surface area contributed by atoms with Crippen LogP contribution in [0.3, 0.4) is 0 Å². The van der Waals surface area contributed by atoms with E-state index in [-0.39, 0.29) is 0 Å². The number of fused-ring (bicyclic) bond motifs is 1. The fourth-order valence-electron chi connectivity index (χ4n) is 2.11. The molecule has 1 atom stereocenters. The SMILES string of the molecule is CC(C(=O)OC(C)(C)C)N1C(=O)C(=O)c2cc(Br)ccc21. The number of esters is 1. The quantitative estimate of drug-likeness (QED) is 0.605. The van der Waals surface area contributed by atoms with Crippen molar-refractivity contribution in [3.63, 3.8) is 0 Å². The van der Waals surface area contributed by atoms with Crippen molar-refractivity contribution in [2.24, 2.45) is 0 Å². The zero-order valence-electron chi connectivity index (χ0n) is 12.3. The Morgan fingerprint density at radius 2 is 1.90 bits per heavy atom. The second kappa shape index (κ2) is 5.26. The number of carbonyl (C=O) groups excluding carboxylic acids is 3. The van der Waals surface area contributed by atoms with Crippen LogP contribution in [0.25, 0.3) is 0 Å². The van der Waals surface area contributed by atoms with Gasteiger partial charge < -0.3 is 4.74 Å². The molecule has 0 N–H and O–H groups in total. The summed E-state index contributed by atoms with van der Waals surface area (Å²) in [6, 6.07) is 4.09. The molecule has 1 amide bonds. The van der Waals surface area contributed by atoms with E-state index in [1.165, 1.54) is 4.90 Å². The summed E-state index contributed by atoms with van der Waals surface area (Å²) in [5.74, 6) is -1.86. The molecule has 0 aromatic heterocycles. The lowest BCUT2D eigenvalue weighted by Gasteiger charge is -2.27. The third kappa shape index (κ3) is 3.00. The number of carbonyl (C=O) groups is 3. The largest absolute Gasteiger partial charge is 0.458 e. The van der Waals surface area contributed by atoms with Crippen molar-refractivity contribution < 1.29 is 19.1 Å². The van der Waals surface area contributed by atoms with Gasteiger partial charge in [-0.1, -0.05) is 15.9 Å². The zero-order chi connectivity index (χ0) is 15.9. The first-order valence-corrected chi connectivity index (χ1v) is 7.31. The van der Waals surface area contributed by atoms with Crippen molar-refractivity contribution in [1.29, 1.82) is 0 Å². The minimum Gasteiger partial charge on any atom is -0.458 e. The molecule has 1 aromatic carbocycles. The lowest BCUT2D eigenvalue weighted by Crippen LogP contribution is -2.45. The molecule has 5 nitrogen and oxygen atoms in total. The molecule has 2 rings (SSSR count). The number of ketones is 1. The van der Waals surface area contributed by atoms with E-state index in [1.807, 2.05) is 0 Å². The Bertz CT molecular complexity index is 633. The van der Waals surface area contributed by atoms with E-state index in [2.05, 4.69) is 15.9 Å². The summed E-state index contributed by atoms with van der Waals surface area (Å²) < 4.78 is 5.98. The van der Waals surface area contributed by atoms with E-state index in [1.54, 1.807) is 45.9 Å². The Kier molecular flexibility index (Phi) is 3.93. The number of nitrogens with zero attached hydrogens (tertiary/aromatic N) is 1. The van der Waals surface area contributed by atoms with Gasteiger partial charge in [-0.25, -0.2) is 4.79 Å². The normalized spacial score (nSPS) is 16.0. The van der Waals surface area contributed by atoms with Crippen molar-refractivity contribution in [2.75, 3.05) is 4.90 Å². The summed E-state index contributed by atoms with van der Waals surface area (Å²) in [6.07, 6.45) is 0. The van der Waals surface area contributed by atoms with Gasteiger partial charge in [0.25, 0.3) is 11.7 Å². The van der Waals surface area contributed by atoms with Gasteiger partial charge in [-0.15, -0.1) is 0 Å².